The minimum atomic E-state index is -1.28. The van der Waals surface area contributed by atoms with Gasteiger partial charge in [0, 0.05) is 12.1 Å². The van der Waals surface area contributed by atoms with E-state index < -0.39 is 40.5 Å². The quantitative estimate of drug-likeness (QED) is 0.134. The molecule has 1 aromatic carbocycles. The van der Waals surface area contributed by atoms with Gasteiger partial charge in [0.25, 0.3) is 5.69 Å². The topological polar surface area (TPSA) is 136 Å². The standard InChI is InChI=1S/C18H19ClN2O8/c1-9(2)14(17(23)24)20-15(19)13(16(20)22)10(3)29-18(25)28-8-11-4-6-12(7-5-11)21(26)27/h4-7,10,13,15H,8H2,1-3H3,(H,23,24)/t10-,13+,15-/m0/s1. The van der Waals surface area contributed by atoms with Gasteiger partial charge in [0.05, 0.1) is 4.92 Å². The van der Waals surface area contributed by atoms with E-state index >= 15 is 0 Å². The molecular weight excluding hydrogens is 408 g/mol. The molecule has 1 aliphatic rings. The Bertz CT molecular complexity index is 863. The maximum absolute atomic E-state index is 12.4. The van der Waals surface area contributed by atoms with Crippen LogP contribution in [0.4, 0.5) is 10.5 Å². The fourth-order valence-corrected chi connectivity index (χ4v) is 3.32. The van der Waals surface area contributed by atoms with Crippen LogP contribution in [0, 0.1) is 16.0 Å². The number of non-ortho nitro benzene ring substituents is 1. The fraction of sp³-hybridized carbons (Fsp3) is 0.389. The Balaban J connectivity index is 1.91. The summed E-state index contributed by atoms with van der Waals surface area (Å²) >= 11 is 6.17. The van der Waals surface area contributed by atoms with E-state index in [2.05, 4.69) is 0 Å². The van der Waals surface area contributed by atoms with E-state index in [0.29, 0.717) is 11.1 Å². The first kappa shape index (κ1) is 22.2. The number of benzene rings is 1. The van der Waals surface area contributed by atoms with Crippen molar-refractivity contribution < 1.29 is 33.9 Å². The monoisotopic (exact) mass is 426 g/mol. The molecule has 1 heterocycles. The summed E-state index contributed by atoms with van der Waals surface area (Å²) in [5, 5.41) is 19.9. The number of carbonyl (C=O) groups is 3. The predicted molar refractivity (Wildman–Crippen MR) is 99.8 cm³/mol. The first-order valence-electron chi connectivity index (χ1n) is 8.49. The number of allylic oxidation sites excluding steroid dienone is 1. The Hall–Kier alpha value is -3.14. The fourth-order valence-electron chi connectivity index (χ4n) is 2.81. The van der Waals surface area contributed by atoms with Gasteiger partial charge in [-0.25, -0.2) is 9.59 Å². The Morgan fingerprint density at radius 3 is 2.34 bits per heavy atom. The maximum Gasteiger partial charge on any atom is 0.508 e. The third-order valence-electron chi connectivity index (χ3n) is 4.27. The van der Waals surface area contributed by atoms with Crippen LogP contribution >= 0.6 is 11.6 Å². The van der Waals surface area contributed by atoms with Crippen molar-refractivity contribution in [3.8, 4) is 0 Å². The number of carboxylic acids is 1. The lowest BCUT2D eigenvalue weighted by molar-refractivity contribution is -0.384. The van der Waals surface area contributed by atoms with E-state index in [9.17, 15) is 29.6 Å². The number of aliphatic carboxylic acids is 1. The molecule has 1 N–H and O–H groups in total. The van der Waals surface area contributed by atoms with Crippen molar-refractivity contribution >= 4 is 35.3 Å². The lowest BCUT2D eigenvalue weighted by Crippen LogP contribution is -2.62. The molecule has 0 radical (unpaired) electrons. The van der Waals surface area contributed by atoms with Gasteiger partial charge in [0.1, 0.15) is 29.8 Å². The van der Waals surface area contributed by atoms with Crippen molar-refractivity contribution in [1.82, 2.24) is 4.90 Å². The number of alkyl halides is 1. The summed E-state index contributed by atoms with van der Waals surface area (Å²) in [7, 11) is 0. The average molecular weight is 427 g/mol. The highest BCUT2D eigenvalue weighted by Gasteiger charge is 2.53. The van der Waals surface area contributed by atoms with Crippen LogP contribution in [0.5, 0.6) is 0 Å². The van der Waals surface area contributed by atoms with Gasteiger partial charge in [-0.3, -0.25) is 19.8 Å². The van der Waals surface area contributed by atoms with Crippen LogP contribution in [0.25, 0.3) is 0 Å². The van der Waals surface area contributed by atoms with Gasteiger partial charge in [-0.2, -0.15) is 0 Å². The number of likely N-dealkylation sites (tertiary alicyclic amines) is 1. The number of nitrogens with zero attached hydrogens (tertiary/aromatic N) is 2. The van der Waals surface area contributed by atoms with E-state index in [1.807, 2.05) is 0 Å². The third-order valence-corrected chi connectivity index (χ3v) is 4.74. The second kappa shape index (κ2) is 8.91. The number of β-lactam (4-membered cyclic amide) rings is 1. The molecule has 2 rings (SSSR count). The Morgan fingerprint density at radius 2 is 1.90 bits per heavy atom. The summed E-state index contributed by atoms with van der Waals surface area (Å²) in [6.07, 6.45) is -2.00. The number of halogens is 1. The second-order valence-electron chi connectivity index (χ2n) is 6.55. The van der Waals surface area contributed by atoms with Crippen LogP contribution in [0.3, 0.4) is 0 Å². The molecule has 1 aliphatic heterocycles. The normalized spacial score (nSPS) is 19.0. The van der Waals surface area contributed by atoms with Crippen molar-refractivity contribution in [3.05, 3.63) is 51.2 Å². The maximum atomic E-state index is 12.4. The minimum Gasteiger partial charge on any atom is -0.477 e. The average Bonchev–Trinajstić information content (AvgIpc) is 2.64. The zero-order chi connectivity index (χ0) is 21.9. The molecule has 0 aromatic heterocycles. The molecule has 1 fully saturated rings. The molecule has 1 saturated heterocycles. The first-order valence-corrected chi connectivity index (χ1v) is 8.93. The molecule has 0 bridgehead atoms. The second-order valence-corrected chi connectivity index (χ2v) is 6.99. The van der Waals surface area contributed by atoms with E-state index in [4.69, 9.17) is 21.1 Å². The molecule has 3 atom stereocenters. The van der Waals surface area contributed by atoms with Gasteiger partial charge in [-0.15, -0.1) is 0 Å². The largest absolute Gasteiger partial charge is 0.508 e. The molecule has 1 amide bonds. The Kier molecular flexibility index (Phi) is 6.80. The van der Waals surface area contributed by atoms with E-state index in [-0.39, 0.29) is 18.0 Å². The molecule has 0 saturated carbocycles. The summed E-state index contributed by atoms with van der Waals surface area (Å²) in [5.74, 6) is -2.77. The number of nitro benzene ring substituents is 1. The molecule has 0 spiro atoms. The summed E-state index contributed by atoms with van der Waals surface area (Å²) < 4.78 is 10.00. The summed E-state index contributed by atoms with van der Waals surface area (Å²) in [5.41, 5.74) is -0.370. The van der Waals surface area contributed by atoms with Crippen LogP contribution in [-0.2, 0) is 25.7 Å². The van der Waals surface area contributed by atoms with Crippen molar-refractivity contribution in [3.63, 3.8) is 0 Å². The smallest absolute Gasteiger partial charge is 0.477 e. The van der Waals surface area contributed by atoms with Gasteiger partial charge in [0.2, 0.25) is 5.91 Å². The van der Waals surface area contributed by atoms with E-state index in [1.54, 1.807) is 13.8 Å². The van der Waals surface area contributed by atoms with Crippen molar-refractivity contribution in [2.24, 2.45) is 5.92 Å². The van der Waals surface area contributed by atoms with Crippen molar-refractivity contribution in [1.29, 1.82) is 0 Å². The third kappa shape index (κ3) is 4.83. The number of nitro groups is 1. The summed E-state index contributed by atoms with van der Waals surface area (Å²) in [6.45, 7) is 4.36. The number of amides is 1. The zero-order valence-electron chi connectivity index (χ0n) is 15.8. The molecule has 11 heteroatoms. The van der Waals surface area contributed by atoms with E-state index in [1.165, 1.54) is 31.2 Å². The lowest BCUT2D eigenvalue weighted by Gasteiger charge is -2.45. The number of hydrogen-bond donors (Lipinski definition) is 1. The summed E-state index contributed by atoms with van der Waals surface area (Å²) in [6, 6.07) is 5.42. The number of rotatable bonds is 7. The highest BCUT2D eigenvalue weighted by atomic mass is 35.5. The molecule has 1 aromatic rings. The van der Waals surface area contributed by atoms with Gasteiger partial charge in [-0.05, 0) is 44.0 Å². The van der Waals surface area contributed by atoms with Gasteiger partial charge in [-0.1, -0.05) is 11.6 Å². The molecule has 0 unspecified atom stereocenters. The molecule has 0 aliphatic carbocycles. The molecule has 10 nitrogen and oxygen atoms in total. The van der Waals surface area contributed by atoms with Crippen LogP contribution in [0.2, 0.25) is 0 Å². The lowest BCUT2D eigenvalue weighted by atomic mass is 9.91. The molecule has 156 valence electrons. The van der Waals surface area contributed by atoms with Crippen LogP contribution in [-0.4, -0.2) is 44.6 Å². The zero-order valence-corrected chi connectivity index (χ0v) is 16.6. The SMILES string of the molecule is CC(C)=C(C(=O)O)N1C(=O)[C@H]([C@H](C)OC(=O)OCc2ccc([N+](=O)[O-])cc2)[C@H]1Cl. The highest BCUT2D eigenvalue weighted by molar-refractivity contribution is 6.26. The first-order chi connectivity index (χ1) is 13.5. The predicted octanol–water partition coefficient (Wildman–Crippen LogP) is 3.04. The van der Waals surface area contributed by atoms with Crippen molar-refractivity contribution in [2.75, 3.05) is 0 Å². The number of hydrogen-bond acceptors (Lipinski definition) is 7. The van der Waals surface area contributed by atoms with Crippen LogP contribution in [0.1, 0.15) is 26.3 Å². The van der Waals surface area contributed by atoms with Gasteiger partial charge < -0.3 is 14.6 Å². The molecule has 29 heavy (non-hydrogen) atoms. The molecular formula is C18H19ClN2O8. The highest BCUT2D eigenvalue weighted by Crippen LogP contribution is 2.37. The van der Waals surface area contributed by atoms with Crippen LogP contribution < -0.4 is 0 Å². The Labute approximate surface area is 170 Å². The van der Waals surface area contributed by atoms with Crippen molar-refractivity contribution in [2.45, 2.75) is 39.0 Å². The van der Waals surface area contributed by atoms with Gasteiger partial charge >= 0.3 is 12.1 Å². The van der Waals surface area contributed by atoms with E-state index in [0.717, 1.165) is 4.90 Å². The number of carbonyl (C=O) groups excluding carboxylic acids is 2. The minimum absolute atomic E-state index is 0.0942. The summed E-state index contributed by atoms with van der Waals surface area (Å²) in [4.78, 5) is 46.6. The van der Waals surface area contributed by atoms with Crippen LogP contribution in [0.15, 0.2) is 35.5 Å². The Morgan fingerprint density at radius 1 is 1.31 bits per heavy atom. The number of carboxylic acid groups (broad SMARTS) is 1. The van der Waals surface area contributed by atoms with Gasteiger partial charge in [0.15, 0.2) is 0 Å². The number of ether oxygens (including phenoxy) is 2.